The molecular weight excluding hydrogens is 324 g/mol. The van der Waals surface area contributed by atoms with E-state index >= 15 is 0 Å². The maximum absolute atomic E-state index is 12.3. The number of carbonyl (C=O) groups excluding carboxylic acids is 2. The molecule has 0 bridgehead atoms. The van der Waals surface area contributed by atoms with Crippen molar-refractivity contribution in [1.82, 2.24) is 10.6 Å². The number of aryl methyl sites for hydroxylation is 1. The zero-order chi connectivity index (χ0) is 19.2. The number of aliphatic hydroxyl groups excluding tert-OH is 2. The number of aliphatic hydroxyl groups is 2. The summed E-state index contributed by atoms with van der Waals surface area (Å²) in [6, 6.07) is 4.82. The molecular formula is C18H28N2O5. The van der Waals surface area contributed by atoms with E-state index in [2.05, 4.69) is 10.6 Å². The maximum atomic E-state index is 12.3. The van der Waals surface area contributed by atoms with Gasteiger partial charge >= 0.3 is 0 Å². The number of ether oxygens (including phenoxy) is 1. The molecule has 7 heteroatoms. The maximum Gasteiger partial charge on any atom is 0.251 e. The molecule has 7 nitrogen and oxygen atoms in total. The molecule has 1 aromatic carbocycles. The van der Waals surface area contributed by atoms with Crippen LogP contribution in [0.5, 0.6) is 5.75 Å². The first-order chi connectivity index (χ1) is 11.6. The summed E-state index contributed by atoms with van der Waals surface area (Å²) < 4.78 is 5.20. The molecule has 25 heavy (non-hydrogen) atoms. The van der Waals surface area contributed by atoms with E-state index in [0.717, 1.165) is 5.56 Å². The van der Waals surface area contributed by atoms with Crippen LogP contribution in [0.15, 0.2) is 18.2 Å². The number of nitrogens with one attached hydrogen (secondary N) is 2. The van der Waals surface area contributed by atoms with Gasteiger partial charge in [-0.2, -0.15) is 0 Å². The lowest BCUT2D eigenvalue weighted by Gasteiger charge is -2.27. The molecule has 0 spiro atoms. The highest BCUT2D eigenvalue weighted by Gasteiger charge is 2.32. The summed E-state index contributed by atoms with van der Waals surface area (Å²) in [7, 11) is 1.54. The van der Waals surface area contributed by atoms with Crippen molar-refractivity contribution >= 4 is 11.8 Å². The summed E-state index contributed by atoms with van der Waals surface area (Å²) >= 11 is 0. The second-order valence-electron chi connectivity index (χ2n) is 6.85. The Bertz CT molecular complexity index is 615. The highest BCUT2D eigenvalue weighted by atomic mass is 16.5. The first kappa shape index (κ1) is 20.9. The average Bonchev–Trinajstić information content (AvgIpc) is 2.59. The van der Waals surface area contributed by atoms with E-state index in [-0.39, 0.29) is 25.1 Å². The largest absolute Gasteiger partial charge is 0.496 e. The summed E-state index contributed by atoms with van der Waals surface area (Å²) in [6.45, 7) is 6.65. The van der Waals surface area contributed by atoms with Crippen molar-refractivity contribution in [1.29, 1.82) is 0 Å². The van der Waals surface area contributed by atoms with Crippen molar-refractivity contribution in [2.75, 3.05) is 20.3 Å². The molecule has 1 rings (SSSR count). The second-order valence-corrected chi connectivity index (χ2v) is 6.85. The molecule has 0 aliphatic carbocycles. The fraction of sp³-hybridized carbons (Fsp3) is 0.556. The molecule has 0 fully saturated rings. The van der Waals surface area contributed by atoms with Gasteiger partial charge in [-0.3, -0.25) is 9.59 Å². The van der Waals surface area contributed by atoms with Gasteiger partial charge in [0.15, 0.2) is 0 Å². The third-order valence-electron chi connectivity index (χ3n) is 4.03. The molecule has 0 heterocycles. The Balaban J connectivity index is 2.58. The van der Waals surface area contributed by atoms with Gasteiger partial charge < -0.3 is 25.6 Å². The Hall–Kier alpha value is -2.12. The Kier molecular flexibility index (Phi) is 7.38. The molecule has 0 aliphatic rings. The normalized spacial score (nSPS) is 13.7. The van der Waals surface area contributed by atoms with Crippen LogP contribution in [0.4, 0.5) is 0 Å². The lowest BCUT2D eigenvalue weighted by molar-refractivity contribution is -0.137. The lowest BCUT2D eigenvalue weighted by atomic mass is 9.87. The lowest BCUT2D eigenvalue weighted by Crippen LogP contribution is -2.49. The third-order valence-corrected chi connectivity index (χ3v) is 4.03. The first-order valence-electron chi connectivity index (χ1n) is 8.14. The SMILES string of the molecule is COc1cc(C(=O)NC(C)CNC(=O)C(O)C(C)(C)CO)ccc1C. The highest BCUT2D eigenvalue weighted by Crippen LogP contribution is 2.20. The molecule has 2 unspecified atom stereocenters. The molecule has 0 radical (unpaired) electrons. The van der Waals surface area contributed by atoms with Gasteiger partial charge in [-0.15, -0.1) is 0 Å². The van der Waals surface area contributed by atoms with E-state index in [9.17, 15) is 19.8 Å². The van der Waals surface area contributed by atoms with Gasteiger partial charge in [0.25, 0.3) is 5.91 Å². The van der Waals surface area contributed by atoms with Crippen LogP contribution in [-0.2, 0) is 4.79 Å². The zero-order valence-corrected chi connectivity index (χ0v) is 15.4. The molecule has 2 amide bonds. The molecule has 140 valence electrons. The van der Waals surface area contributed by atoms with E-state index in [1.54, 1.807) is 46.1 Å². The Labute approximate surface area is 148 Å². The number of hydrogen-bond acceptors (Lipinski definition) is 5. The first-order valence-corrected chi connectivity index (χ1v) is 8.14. The fourth-order valence-electron chi connectivity index (χ4n) is 2.11. The van der Waals surface area contributed by atoms with Crippen molar-refractivity contribution in [3.05, 3.63) is 29.3 Å². The third kappa shape index (κ3) is 5.72. The monoisotopic (exact) mass is 352 g/mol. The smallest absolute Gasteiger partial charge is 0.251 e. The molecule has 0 saturated heterocycles. The minimum absolute atomic E-state index is 0.159. The number of amides is 2. The Morgan fingerprint density at radius 1 is 1.32 bits per heavy atom. The Morgan fingerprint density at radius 3 is 2.52 bits per heavy atom. The average molecular weight is 352 g/mol. The fourth-order valence-corrected chi connectivity index (χ4v) is 2.11. The molecule has 0 saturated carbocycles. The van der Waals surface area contributed by atoms with Gasteiger partial charge in [0, 0.05) is 23.6 Å². The number of hydrogen-bond donors (Lipinski definition) is 4. The number of benzene rings is 1. The summed E-state index contributed by atoms with van der Waals surface area (Å²) in [5.74, 6) is -0.239. The van der Waals surface area contributed by atoms with Crippen LogP contribution in [0.25, 0.3) is 0 Å². The van der Waals surface area contributed by atoms with Gasteiger partial charge in [0.2, 0.25) is 5.91 Å². The van der Waals surface area contributed by atoms with E-state index in [0.29, 0.717) is 11.3 Å². The van der Waals surface area contributed by atoms with Crippen LogP contribution in [0.2, 0.25) is 0 Å². The van der Waals surface area contributed by atoms with Crippen LogP contribution in [0.1, 0.15) is 36.7 Å². The minimum Gasteiger partial charge on any atom is -0.496 e. The van der Waals surface area contributed by atoms with Crippen LogP contribution in [-0.4, -0.2) is 54.4 Å². The van der Waals surface area contributed by atoms with E-state index in [1.165, 1.54) is 0 Å². The van der Waals surface area contributed by atoms with Crippen LogP contribution in [0.3, 0.4) is 0 Å². The summed E-state index contributed by atoms with van der Waals surface area (Å²) in [6.07, 6.45) is -1.33. The molecule has 0 aromatic heterocycles. The molecule has 4 N–H and O–H groups in total. The van der Waals surface area contributed by atoms with Crippen LogP contribution >= 0.6 is 0 Å². The van der Waals surface area contributed by atoms with Gasteiger partial charge in [-0.25, -0.2) is 0 Å². The number of methoxy groups -OCH3 is 1. The molecule has 2 atom stereocenters. The highest BCUT2D eigenvalue weighted by molar-refractivity contribution is 5.95. The van der Waals surface area contributed by atoms with Crippen molar-refractivity contribution < 1.29 is 24.5 Å². The topological polar surface area (TPSA) is 108 Å². The van der Waals surface area contributed by atoms with E-state index in [4.69, 9.17) is 4.74 Å². The van der Waals surface area contributed by atoms with Crippen molar-refractivity contribution in [2.24, 2.45) is 5.41 Å². The zero-order valence-electron chi connectivity index (χ0n) is 15.4. The number of rotatable bonds is 8. The van der Waals surface area contributed by atoms with Crippen molar-refractivity contribution in [3.63, 3.8) is 0 Å². The van der Waals surface area contributed by atoms with Crippen LogP contribution < -0.4 is 15.4 Å². The molecule has 0 aliphatic heterocycles. The summed E-state index contributed by atoms with van der Waals surface area (Å²) in [4.78, 5) is 24.2. The summed E-state index contributed by atoms with van der Waals surface area (Å²) in [5, 5.41) is 24.5. The number of carbonyl (C=O) groups is 2. The minimum atomic E-state index is -1.33. The summed E-state index contributed by atoms with van der Waals surface area (Å²) in [5.41, 5.74) is 0.455. The van der Waals surface area contributed by atoms with E-state index in [1.807, 2.05) is 6.92 Å². The van der Waals surface area contributed by atoms with Gasteiger partial charge in [0.05, 0.1) is 13.7 Å². The second kappa shape index (κ2) is 8.82. The van der Waals surface area contributed by atoms with Gasteiger partial charge in [-0.1, -0.05) is 19.9 Å². The van der Waals surface area contributed by atoms with Gasteiger partial charge in [0.1, 0.15) is 11.9 Å². The predicted molar refractivity (Wildman–Crippen MR) is 94.5 cm³/mol. The van der Waals surface area contributed by atoms with Crippen molar-refractivity contribution in [3.8, 4) is 5.75 Å². The quantitative estimate of drug-likeness (QED) is 0.548. The molecule has 1 aromatic rings. The Morgan fingerprint density at radius 2 is 1.96 bits per heavy atom. The standard InChI is InChI=1S/C18H28N2O5/c1-11-6-7-13(8-14(11)25-5)16(23)20-12(2)9-19-17(24)15(22)18(3,4)10-21/h6-8,12,15,21-22H,9-10H2,1-5H3,(H,19,24)(H,20,23). The predicted octanol–water partition coefficient (Wildman–Crippen LogP) is 0.618. The van der Waals surface area contributed by atoms with Crippen molar-refractivity contribution in [2.45, 2.75) is 39.8 Å². The van der Waals surface area contributed by atoms with Gasteiger partial charge in [-0.05, 0) is 31.5 Å². The van der Waals surface area contributed by atoms with Crippen LogP contribution in [0, 0.1) is 12.3 Å². The van der Waals surface area contributed by atoms with E-state index < -0.39 is 17.4 Å².